The standard InChI is InChI=1S/C15H22N2O/c1-14(2,15(3,4)16)13(18)17-10-9-11-7-5-6-8-12(11)17/h5-8H,9-10,16H2,1-4H3. The van der Waals surface area contributed by atoms with Gasteiger partial charge in [0.05, 0.1) is 5.41 Å². The summed E-state index contributed by atoms with van der Waals surface area (Å²) in [6.07, 6.45) is 0.934. The Labute approximate surface area is 109 Å². The number of amides is 1. The van der Waals surface area contributed by atoms with E-state index in [0.717, 1.165) is 18.7 Å². The predicted octanol–water partition coefficient (Wildman–Crippen LogP) is 2.34. The third kappa shape index (κ3) is 1.93. The summed E-state index contributed by atoms with van der Waals surface area (Å²) in [6.45, 7) is 8.43. The van der Waals surface area contributed by atoms with Gasteiger partial charge in [-0.25, -0.2) is 0 Å². The minimum Gasteiger partial charge on any atom is -0.325 e. The van der Waals surface area contributed by atoms with Gasteiger partial charge in [-0.3, -0.25) is 4.79 Å². The minimum atomic E-state index is -0.579. The number of benzene rings is 1. The van der Waals surface area contributed by atoms with Gasteiger partial charge in [0.15, 0.2) is 0 Å². The van der Waals surface area contributed by atoms with Crippen molar-refractivity contribution < 1.29 is 4.79 Å². The topological polar surface area (TPSA) is 46.3 Å². The van der Waals surface area contributed by atoms with Crippen molar-refractivity contribution in [2.45, 2.75) is 39.7 Å². The second kappa shape index (κ2) is 4.09. The monoisotopic (exact) mass is 246 g/mol. The molecule has 3 nitrogen and oxygen atoms in total. The van der Waals surface area contributed by atoms with Crippen molar-refractivity contribution in [1.82, 2.24) is 0 Å². The van der Waals surface area contributed by atoms with E-state index in [1.54, 1.807) is 0 Å². The van der Waals surface area contributed by atoms with E-state index in [-0.39, 0.29) is 5.91 Å². The number of nitrogens with two attached hydrogens (primary N) is 1. The van der Waals surface area contributed by atoms with Crippen LogP contribution >= 0.6 is 0 Å². The van der Waals surface area contributed by atoms with E-state index < -0.39 is 11.0 Å². The van der Waals surface area contributed by atoms with E-state index >= 15 is 0 Å². The van der Waals surface area contributed by atoms with Crippen molar-refractivity contribution in [2.24, 2.45) is 11.1 Å². The number of para-hydroxylation sites is 1. The molecule has 98 valence electrons. The van der Waals surface area contributed by atoms with Gasteiger partial charge in [0, 0.05) is 17.8 Å². The summed E-state index contributed by atoms with van der Waals surface area (Å²) < 4.78 is 0. The van der Waals surface area contributed by atoms with E-state index in [0.29, 0.717) is 0 Å². The van der Waals surface area contributed by atoms with Crippen molar-refractivity contribution in [3.8, 4) is 0 Å². The highest BCUT2D eigenvalue weighted by Gasteiger charge is 2.44. The Kier molecular flexibility index (Phi) is 2.98. The molecule has 0 saturated carbocycles. The first-order chi connectivity index (χ1) is 8.25. The Morgan fingerprint density at radius 3 is 2.44 bits per heavy atom. The normalized spacial score (nSPS) is 15.7. The lowest BCUT2D eigenvalue weighted by atomic mass is 9.74. The van der Waals surface area contributed by atoms with Crippen molar-refractivity contribution in [3.63, 3.8) is 0 Å². The fraction of sp³-hybridized carbons (Fsp3) is 0.533. The van der Waals surface area contributed by atoms with Gasteiger partial charge in [-0.05, 0) is 45.7 Å². The summed E-state index contributed by atoms with van der Waals surface area (Å²) in [5.74, 6) is 0.111. The van der Waals surface area contributed by atoms with Gasteiger partial charge < -0.3 is 10.6 Å². The van der Waals surface area contributed by atoms with E-state index in [4.69, 9.17) is 5.73 Å². The zero-order valence-corrected chi connectivity index (χ0v) is 11.7. The molecule has 18 heavy (non-hydrogen) atoms. The summed E-state index contributed by atoms with van der Waals surface area (Å²) in [5, 5.41) is 0. The van der Waals surface area contributed by atoms with Gasteiger partial charge >= 0.3 is 0 Å². The van der Waals surface area contributed by atoms with Gasteiger partial charge in [0.1, 0.15) is 0 Å². The van der Waals surface area contributed by atoms with Gasteiger partial charge in [0.25, 0.3) is 0 Å². The first kappa shape index (κ1) is 13.1. The molecule has 3 heteroatoms. The number of fused-ring (bicyclic) bond motifs is 1. The molecule has 1 aliphatic heterocycles. The van der Waals surface area contributed by atoms with E-state index in [9.17, 15) is 4.79 Å². The van der Waals surface area contributed by atoms with Crippen LogP contribution in [-0.2, 0) is 11.2 Å². The quantitative estimate of drug-likeness (QED) is 0.870. The molecule has 1 aromatic rings. The molecule has 1 aliphatic rings. The number of hydrogen-bond acceptors (Lipinski definition) is 2. The van der Waals surface area contributed by atoms with Crippen LogP contribution in [0.25, 0.3) is 0 Å². The number of anilines is 1. The maximum atomic E-state index is 12.7. The summed E-state index contributed by atoms with van der Waals surface area (Å²) >= 11 is 0. The van der Waals surface area contributed by atoms with Crippen LogP contribution in [0.5, 0.6) is 0 Å². The summed E-state index contributed by atoms with van der Waals surface area (Å²) in [5.41, 5.74) is 7.32. The lowest BCUT2D eigenvalue weighted by molar-refractivity contribution is -0.129. The highest BCUT2D eigenvalue weighted by atomic mass is 16.2. The first-order valence-corrected chi connectivity index (χ1v) is 6.44. The number of nitrogens with zero attached hydrogens (tertiary/aromatic N) is 1. The van der Waals surface area contributed by atoms with Crippen LogP contribution < -0.4 is 10.6 Å². The summed E-state index contributed by atoms with van der Waals surface area (Å²) in [7, 11) is 0. The molecule has 0 saturated heterocycles. The Bertz CT molecular complexity index is 472. The lowest BCUT2D eigenvalue weighted by Gasteiger charge is -2.39. The van der Waals surface area contributed by atoms with Crippen LogP contribution in [0.15, 0.2) is 24.3 Å². The molecule has 0 aliphatic carbocycles. The Balaban J connectivity index is 2.33. The highest BCUT2D eigenvalue weighted by molar-refractivity contribution is 5.99. The molecule has 0 radical (unpaired) electrons. The van der Waals surface area contributed by atoms with Crippen LogP contribution in [0, 0.1) is 5.41 Å². The number of hydrogen-bond donors (Lipinski definition) is 1. The van der Waals surface area contributed by atoms with Gasteiger partial charge in [-0.1, -0.05) is 18.2 Å². The van der Waals surface area contributed by atoms with E-state index in [1.165, 1.54) is 5.56 Å². The molecule has 0 bridgehead atoms. The zero-order valence-electron chi connectivity index (χ0n) is 11.7. The average Bonchev–Trinajstić information content (AvgIpc) is 2.70. The molecule has 1 heterocycles. The second-order valence-corrected chi connectivity index (χ2v) is 6.18. The maximum Gasteiger partial charge on any atom is 0.234 e. The first-order valence-electron chi connectivity index (χ1n) is 6.44. The minimum absolute atomic E-state index is 0.111. The SMILES string of the molecule is CC(C)(N)C(C)(C)C(=O)N1CCc2ccccc21. The third-order valence-electron chi connectivity index (χ3n) is 4.28. The molecular formula is C15H22N2O. The smallest absolute Gasteiger partial charge is 0.234 e. The van der Waals surface area contributed by atoms with Crippen LogP contribution in [0.1, 0.15) is 33.3 Å². The number of carbonyl (C=O) groups is 1. The second-order valence-electron chi connectivity index (χ2n) is 6.18. The molecule has 0 atom stereocenters. The van der Waals surface area contributed by atoms with Crippen molar-refractivity contribution in [3.05, 3.63) is 29.8 Å². The van der Waals surface area contributed by atoms with Crippen LogP contribution in [0.4, 0.5) is 5.69 Å². The van der Waals surface area contributed by atoms with Crippen LogP contribution in [0.3, 0.4) is 0 Å². The fourth-order valence-corrected chi connectivity index (χ4v) is 2.16. The molecule has 0 unspecified atom stereocenters. The van der Waals surface area contributed by atoms with Crippen LogP contribution in [0.2, 0.25) is 0 Å². The molecule has 0 spiro atoms. The number of carbonyl (C=O) groups excluding carboxylic acids is 1. The van der Waals surface area contributed by atoms with Gasteiger partial charge in [-0.2, -0.15) is 0 Å². The van der Waals surface area contributed by atoms with Crippen molar-refractivity contribution in [1.29, 1.82) is 0 Å². The average molecular weight is 246 g/mol. The van der Waals surface area contributed by atoms with Crippen molar-refractivity contribution >= 4 is 11.6 Å². The van der Waals surface area contributed by atoms with Gasteiger partial charge in [0.2, 0.25) is 5.91 Å². The van der Waals surface area contributed by atoms with Crippen molar-refractivity contribution in [2.75, 3.05) is 11.4 Å². The molecule has 1 amide bonds. The molecule has 2 N–H and O–H groups in total. The Morgan fingerprint density at radius 1 is 1.22 bits per heavy atom. The Morgan fingerprint density at radius 2 is 1.83 bits per heavy atom. The third-order valence-corrected chi connectivity index (χ3v) is 4.28. The van der Waals surface area contributed by atoms with E-state index in [1.807, 2.05) is 50.8 Å². The Hall–Kier alpha value is -1.35. The number of rotatable bonds is 2. The van der Waals surface area contributed by atoms with Gasteiger partial charge in [-0.15, -0.1) is 0 Å². The maximum absolute atomic E-state index is 12.7. The lowest BCUT2D eigenvalue weighted by Crippen LogP contribution is -2.56. The summed E-state index contributed by atoms with van der Waals surface area (Å²) in [4.78, 5) is 14.6. The summed E-state index contributed by atoms with van der Waals surface area (Å²) in [6, 6.07) is 8.10. The fourth-order valence-electron chi connectivity index (χ4n) is 2.16. The molecule has 0 fully saturated rings. The molecule has 0 aromatic heterocycles. The van der Waals surface area contributed by atoms with E-state index in [2.05, 4.69) is 6.07 Å². The van der Waals surface area contributed by atoms with Crippen LogP contribution in [-0.4, -0.2) is 18.0 Å². The zero-order chi connectivity index (χ0) is 13.6. The molecule has 2 rings (SSSR count). The molecule has 1 aromatic carbocycles. The molecular weight excluding hydrogens is 224 g/mol. The predicted molar refractivity (Wildman–Crippen MR) is 74.5 cm³/mol. The largest absolute Gasteiger partial charge is 0.325 e. The highest BCUT2D eigenvalue weighted by Crippen LogP contribution is 2.36.